The van der Waals surface area contributed by atoms with Gasteiger partial charge in [-0.05, 0) is 30.9 Å². The predicted octanol–water partition coefficient (Wildman–Crippen LogP) is 3.11. The zero-order valence-electron chi connectivity index (χ0n) is 14.2. The first-order valence-corrected chi connectivity index (χ1v) is 8.34. The first kappa shape index (κ1) is 16.4. The first-order valence-electron chi connectivity index (χ1n) is 8.34. The Morgan fingerprint density at radius 1 is 1.21 bits per heavy atom. The number of likely N-dealkylation sites (N-methyl/N-ethyl adjacent to an activating group) is 1. The van der Waals surface area contributed by atoms with E-state index < -0.39 is 0 Å². The molecule has 0 aliphatic heterocycles. The summed E-state index contributed by atoms with van der Waals surface area (Å²) >= 11 is 0. The Kier molecular flexibility index (Phi) is 4.79. The molecule has 0 atom stereocenters. The van der Waals surface area contributed by atoms with E-state index in [9.17, 15) is 4.79 Å². The van der Waals surface area contributed by atoms with Crippen molar-refractivity contribution in [3.8, 4) is 6.01 Å². The van der Waals surface area contributed by atoms with Gasteiger partial charge in [-0.25, -0.2) is 4.98 Å². The van der Waals surface area contributed by atoms with Crippen LogP contribution in [0.3, 0.4) is 0 Å². The highest BCUT2D eigenvalue weighted by Crippen LogP contribution is 2.38. The van der Waals surface area contributed by atoms with Crippen molar-refractivity contribution in [1.82, 2.24) is 14.9 Å². The lowest BCUT2D eigenvalue weighted by molar-refractivity contribution is 0.0560. The summed E-state index contributed by atoms with van der Waals surface area (Å²) in [6.45, 7) is 0. The Morgan fingerprint density at radius 3 is 2.58 bits per heavy atom. The van der Waals surface area contributed by atoms with E-state index in [0.29, 0.717) is 5.69 Å². The van der Waals surface area contributed by atoms with E-state index in [1.54, 1.807) is 12.3 Å². The SMILES string of the molecule is COc1nccc(C(=O)N(C)C2(Cc3ccccc3)CCCC2)n1. The standard InChI is InChI=1S/C19H23N3O2/c1-22(17(23)16-10-13-20-18(21-16)24-2)19(11-6-7-12-19)14-15-8-4-3-5-9-15/h3-5,8-10,13H,6-7,11-12,14H2,1-2H3. The van der Waals surface area contributed by atoms with Crippen LogP contribution >= 0.6 is 0 Å². The molecule has 5 nitrogen and oxygen atoms in total. The van der Waals surface area contributed by atoms with Crippen molar-refractivity contribution in [2.24, 2.45) is 0 Å². The minimum atomic E-state index is -0.142. The summed E-state index contributed by atoms with van der Waals surface area (Å²) in [7, 11) is 3.40. The van der Waals surface area contributed by atoms with Crippen LogP contribution in [0.5, 0.6) is 6.01 Å². The smallest absolute Gasteiger partial charge is 0.316 e. The summed E-state index contributed by atoms with van der Waals surface area (Å²) in [6, 6.07) is 12.2. The molecule has 24 heavy (non-hydrogen) atoms. The maximum atomic E-state index is 13.0. The van der Waals surface area contributed by atoms with Crippen LogP contribution in [-0.4, -0.2) is 40.5 Å². The van der Waals surface area contributed by atoms with Crippen LogP contribution in [0.2, 0.25) is 0 Å². The second kappa shape index (κ2) is 6.99. The van der Waals surface area contributed by atoms with Crippen LogP contribution in [0.1, 0.15) is 41.7 Å². The molecule has 1 aliphatic carbocycles. The van der Waals surface area contributed by atoms with Crippen LogP contribution in [0.25, 0.3) is 0 Å². The number of carbonyl (C=O) groups is 1. The van der Waals surface area contributed by atoms with Crippen LogP contribution < -0.4 is 4.74 Å². The first-order chi connectivity index (χ1) is 11.6. The maximum absolute atomic E-state index is 13.0. The molecule has 0 spiro atoms. The maximum Gasteiger partial charge on any atom is 0.316 e. The molecular weight excluding hydrogens is 302 g/mol. The number of amides is 1. The van der Waals surface area contributed by atoms with Crippen molar-refractivity contribution in [1.29, 1.82) is 0 Å². The third-order valence-corrected chi connectivity index (χ3v) is 4.96. The molecule has 3 rings (SSSR count). The van der Waals surface area contributed by atoms with E-state index in [1.165, 1.54) is 12.7 Å². The fraction of sp³-hybridized carbons (Fsp3) is 0.421. The number of aromatic nitrogens is 2. The Bertz CT molecular complexity index is 697. The minimum Gasteiger partial charge on any atom is -0.467 e. The van der Waals surface area contributed by atoms with Crippen molar-refractivity contribution in [2.45, 2.75) is 37.6 Å². The van der Waals surface area contributed by atoms with Gasteiger partial charge in [-0.2, -0.15) is 4.98 Å². The average Bonchev–Trinajstić information content (AvgIpc) is 3.11. The van der Waals surface area contributed by atoms with Gasteiger partial charge in [0.15, 0.2) is 0 Å². The Morgan fingerprint density at radius 2 is 1.92 bits per heavy atom. The molecule has 0 saturated heterocycles. The number of benzene rings is 1. The van der Waals surface area contributed by atoms with Gasteiger partial charge in [0.25, 0.3) is 5.91 Å². The normalized spacial score (nSPS) is 15.9. The molecule has 1 heterocycles. The molecule has 0 bridgehead atoms. The molecule has 5 heteroatoms. The van der Waals surface area contributed by atoms with Crippen molar-refractivity contribution < 1.29 is 9.53 Å². The van der Waals surface area contributed by atoms with Gasteiger partial charge in [0, 0.05) is 18.8 Å². The molecule has 0 radical (unpaired) electrons. The fourth-order valence-corrected chi connectivity index (χ4v) is 3.59. The summed E-state index contributed by atoms with van der Waals surface area (Å²) in [4.78, 5) is 23.0. The number of hydrogen-bond donors (Lipinski definition) is 0. The molecule has 0 N–H and O–H groups in total. The fourth-order valence-electron chi connectivity index (χ4n) is 3.59. The van der Waals surface area contributed by atoms with E-state index in [4.69, 9.17) is 4.74 Å². The van der Waals surface area contributed by atoms with E-state index in [-0.39, 0.29) is 17.5 Å². The third-order valence-electron chi connectivity index (χ3n) is 4.96. The average molecular weight is 325 g/mol. The second-order valence-electron chi connectivity index (χ2n) is 6.39. The molecule has 126 valence electrons. The zero-order valence-corrected chi connectivity index (χ0v) is 14.2. The molecule has 1 amide bonds. The van der Waals surface area contributed by atoms with Crippen LogP contribution in [-0.2, 0) is 6.42 Å². The van der Waals surface area contributed by atoms with E-state index in [1.807, 2.05) is 18.0 Å². The van der Waals surface area contributed by atoms with Gasteiger partial charge in [-0.3, -0.25) is 4.79 Å². The Hall–Kier alpha value is -2.43. The lowest BCUT2D eigenvalue weighted by Gasteiger charge is -2.39. The van der Waals surface area contributed by atoms with Crippen LogP contribution in [0.4, 0.5) is 0 Å². The summed E-state index contributed by atoms with van der Waals surface area (Å²) in [6.07, 6.45) is 6.78. The molecular formula is C19H23N3O2. The van der Waals surface area contributed by atoms with Crippen molar-refractivity contribution in [2.75, 3.05) is 14.2 Å². The third kappa shape index (κ3) is 3.25. The number of methoxy groups -OCH3 is 1. The van der Waals surface area contributed by atoms with Crippen LogP contribution in [0.15, 0.2) is 42.6 Å². The predicted molar refractivity (Wildman–Crippen MR) is 92.0 cm³/mol. The van der Waals surface area contributed by atoms with Gasteiger partial charge in [0.05, 0.1) is 7.11 Å². The number of ether oxygens (including phenoxy) is 1. The monoisotopic (exact) mass is 325 g/mol. The van der Waals surface area contributed by atoms with Crippen LogP contribution in [0, 0.1) is 0 Å². The van der Waals surface area contributed by atoms with E-state index in [0.717, 1.165) is 32.1 Å². The summed E-state index contributed by atoms with van der Waals surface area (Å²) < 4.78 is 5.04. The van der Waals surface area contributed by atoms with Gasteiger partial charge < -0.3 is 9.64 Å². The van der Waals surface area contributed by atoms with E-state index in [2.05, 4.69) is 34.2 Å². The lowest BCUT2D eigenvalue weighted by atomic mass is 9.87. The molecule has 1 aromatic carbocycles. The molecule has 1 aliphatic rings. The second-order valence-corrected chi connectivity index (χ2v) is 6.39. The Labute approximate surface area is 142 Å². The number of nitrogens with zero attached hydrogens (tertiary/aromatic N) is 3. The summed E-state index contributed by atoms with van der Waals surface area (Å²) in [5, 5.41) is 0. The van der Waals surface area contributed by atoms with Gasteiger partial charge >= 0.3 is 6.01 Å². The van der Waals surface area contributed by atoms with Gasteiger partial charge in [0.1, 0.15) is 5.69 Å². The van der Waals surface area contributed by atoms with Gasteiger partial charge in [-0.15, -0.1) is 0 Å². The largest absolute Gasteiger partial charge is 0.467 e. The lowest BCUT2D eigenvalue weighted by Crippen LogP contribution is -2.49. The Balaban J connectivity index is 1.86. The number of rotatable bonds is 5. The van der Waals surface area contributed by atoms with Crippen molar-refractivity contribution >= 4 is 5.91 Å². The minimum absolute atomic E-state index is 0.0754. The van der Waals surface area contributed by atoms with Crippen molar-refractivity contribution in [3.63, 3.8) is 0 Å². The number of carbonyl (C=O) groups excluding carboxylic acids is 1. The van der Waals surface area contributed by atoms with Crippen molar-refractivity contribution in [3.05, 3.63) is 53.9 Å². The highest BCUT2D eigenvalue weighted by atomic mass is 16.5. The zero-order chi connectivity index (χ0) is 17.0. The highest BCUT2D eigenvalue weighted by molar-refractivity contribution is 5.92. The summed E-state index contributed by atoms with van der Waals surface area (Å²) in [5.41, 5.74) is 1.50. The highest BCUT2D eigenvalue weighted by Gasteiger charge is 2.40. The van der Waals surface area contributed by atoms with E-state index >= 15 is 0 Å². The summed E-state index contributed by atoms with van der Waals surface area (Å²) in [5.74, 6) is -0.0754. The quantitative estimate of drug-likeness (QED) is 0.847. The van der Waals surface area contributed by atoms with Gasteiger partial charge in [-0.1, -0.05) is 43.2 Å². The number of hydrogen-bond acceptors (Lipinski definition) is 4. The molecule has 2 aromatic rings. The topological polar surface area (TPSA) is 55.3 Å². The van der Waals surface area contributed by atoms with Gasteiger partial charge in [0.2, 0.25) is 0 Å². The molecule has 1 fully saturated rings. The molecule has 1 saturated carbocycles. The molecule has 1 aromatic heterocycles. The molecule has 0 unspecified atom stereocenters.